The highest BCUT2D eigenvalue weighted by atomic mass is 127. The number of rotatable bonds is 3. The number of hydrogen-bond acceptors (Lipinski definition) is 2. The topological polar surface area (TPSA) is 38.3 Å². The summed E-state index contributed by atoms with van der Waals surface area (Å²) in [4.78, 5) is 11.7. The molecule has 0 saturated heterocycles. The molecule has 0 aromatic heterocycles. The molecule has 1 rings (SSSR count). The Hall–Kier alpha value is -0.780. The molecule has 1 amide bonds. The summed E-state index contributed by atoms with van der Waals surface area (Å²) < 4.78 is 5.97. The molecule has 0 unspecified atom stereocenters. The monoisotopic (exact) mass is 319 g/mol. The van der Waals surface area contributed by atoms with Gasteiger partial charge in [0.15, 0.2) is 0 Å². The van der Waals surface area contributed by atoms with Crippen molar-refractivity contribution in [2.75, 3.05) is 7.11 Å². The lowest BCUT2D eigenvalue weighted by Gasteiger charge is -2.10. The maximum Gasteiger partial charge on any atom is 0.252 e. The van der Waals surface area contributed by atoms with Gasteiger partial charge in [0.1, 0.15) is 5.75 Å². The fraction of sp³-hybridized carbons (Fsp3) is 0.364. The smallest absolute Gasteiger partial charge is 0.252 e. The third-order valence-electron chi connectivity index (χ3n) is 1.84. The Kier molecular flexibility index (Phi) is 4.38. The second kappa shape index (κ2) is 5.34. The van der Waals surface area contributed by atoms with E-state index in [4.69, 9.17) is 4.74 Å². The van der Waals surface area contributed by atoms with E-state index in [2.05, 4.69) is 27.9 Å². The van der Waals surface area contributed by atoms with Crippen LogP contribution < -0.4 is 10.1 Å². The Morgan fingerprint density at radius 2 is 2.13 bits per heavy atom. The average molecular weight is 319 g/mol. The number of benzene rings is 1. The SMILES string of the molecule is COc1ccc(C(=O)NC(C)C)c(I)c1. The van der Waals surface area contributed by atoms with Crippen LogP contribution in [0.4, 0.5) is 0 Å². The molecule has 1 aromatic rings. The maximum atomic E-state index is 11.7. The second-order valence-electron chi connectivity index (χ2n) is 3.47. The van der Waals surface area contributed by atoms with Gasteiger partial charge >= 0.3 is 0 Å². The number of amides is 1. The van der Waals surface area contributed by atoms with E-state index in [-0.39, 0.29) is 11.9 Å². The van der Waals surface area contributed by atoms with Gasteiger partial charge in [0.2, 0.25) is 0 Å². The number of ether oxygens (including phenoxy) is 1. The first-order valence-electron chi connectivity index (χ1n) is 4.69. The molecule has 1 aromatic carbocycles. The Balaban J connectivity index is 2.90. The predicted octanol–water partition coefficient (Wildman–Crippen LogP) is 2.44. The number of nitrogens with one attached hydrogen (secondary N) is 1. The van der Waals surface area contributed by atoms with Crippen molar-refractivity contribution in [2.45, 2.75) is 19.9 Å². The minimum atomic E-state index is -0.0444. The van der Waals surface area contributed by atoms with Gasteiger partial charge in [0.05, 0.1) is 12.7 Å². The van der Waals surface area contributed by atoms with E-state index in [0.717, 1.165) is 9.32 Å². The Bertz CT molecular complexity index is 364. The highest BCUT2D eigenvalue weighted by Gasteiger charge is 2.11. The van der Waals surface area contributed by atoms with Crippen molar-refractivity contribution in [2.24, 2.45) is 0 Å². The van der Waals surface area contributed by atoms with Crippen molar-refractivity contribution in [1.82, 2.24) is 5.32 Å². The largest absolute Gasteiger partial charge is 0.497 e. The number of carbonyl (C=O) groups is 1. The molecule has 4 heteroatoms. The summed E-state index contributed by atoms with van der Waals surface area (Å²) in [6, 6.07) is 5.56. The fourth-order valence-corrected chi connectivity index (χ4v) is 1.88. The maximum absolute atomic E-state index is 11.7. The molecule has 3 nitrogen and oxygen atoms in total. The highest BCUT2D eigenvalue weighted by molar-refractivity contribution is 14.1. The average Bonchev–Trinajstić information content (AvgIpc) is 2.16. The van der Waals surface area contributed by atoms with E-state index in [9.17, 15) is 4.79 Å². The normalized spacial score (nSPS) is 10.2. The quantitative estimate of drug-likeness (QED) is 0.869. The van der Waals surface area contributed by atoms with E-state index >= 15 is 0 Å². The standard InChI is InChI=1S/C11H14INO2/c1-7(2)13-11(14)9-5-4-8(15-3)6-10(9)12/h4-7H,1-3H3,(H,13,14). The second-order valence-corrected chi connectivity index (χ2v) is 4.64. The van der Waals surface area contributed by atoms with Crippen molar-refractivity contribution < 1.29 is 9.53 Å². The first-order valence-corrected chi connectivity index (χ1v) is 5.77. The van der Waals surface area contributed by atoms with Crippen LogP contribution in [0.3, 0.4) is 0 Å². The third-order valence-corrected chi connectivity index (χ3v) is 2.73. The van der Waals surface area contributed by atoms with Crippen LogP contribution in [-0.4, -0.2) is 19.1 Å². The van der Waals surface area contributed by atoms with Crippen LogP contribution in [0.2, 0.25) is 0 Å². The van der Waals surface area contributed by atoms with Crippen molar-refractivity contribution in [1.29, 1.82) is 0 Å². The molecular weight excluding hydrogens is 305 g/mol. The Morgan fingerprint density at radius 1 is 1.47 bits per heavy atom. The van der Waals surface area contributed by atoms with Gasteiger partial charge in [-0.1, -0.05) is 0 Å². The van der Waals surface area contributed by atoms with Crippen LogP contribution in [0.1, 0.15) is 24.2 Å². The molecule has 0 aliphatic heterocycles. The molecule has 15 heavy (non-hydrogen) atoms. The molecular formula is C11H14INO2. The number of hydrogen-bond donors (Lipinski definition) is 1. The summed E-state index contributed by atoms with van der Waals surface area (Å²) in [5.41, 5.74) is 0.685. The van der Waals surface area contributed by atoms with Gasteiger partial charge in [-0.25, -0.2) is 0 Å². The van der Waals surface area contributed by atoms with Gasteiger partial charge in [-0.2, -0.15) is 0 Å². The van der Waals surface area contributed by atoms with E-state index in [1.807, 2.05) is 19.9 Å². The van der Waals surface area contributed by atoms with Gasteiger partial charge in [-0.05, 0) is 54.6 Å². The summed E-state index contributed by atoms with van der Waals surface area (Å²) in [6.07, 6.45) is 0. The zero-order valence-corrected chi connectivity index (χ0v) is 11.2. The van der Waals surface area contributed by atoms with Crippen LogP contribution in [-0.2, 0) is 0 Å². The summed E-state index contributed by atoms with van der Waals surface area (Å²) in [7, 11) is 1.61. The van der Waals surface area contributed by atoms with E-state index in [1.54, 1.807) is 19.2 Å². The van der Waals surface area contributed by atoms with Gasteiger partial charge in [-0.3, -0.25) is 4.79 Å². The molecule has 0 atom stereocenters. The van der Waals surface area contributed by atoms with Crippen molar-refractivity contribution in [3.05, 3.63) is 27.3 Å². The molecule has 0 spiro atoms. The highest BCUT2D eigenvalue weighted by Crippen LogP contribution is 2.19. The van der Waals surface area contributed by atoms with Crippen LogP contribution in [0.15, 0.2) is 18.2 Å². The first-order chi connectivity index (χ1) is 7.04. The van der Waals surface area contributed by atoms with Gasteiger partial charge in [0, 0.05) is 9.61 Å². The van der Waals surface area contributed by atoms with Crippen molar-refractivity contribution in [3.63, 3.8) is 0 Å². The van der Waals surface area contributed by atoms with E-state index in [1.165, 1.54) is 0 Å². The molecule has 1 N–H and O–H groups in total. The lowest BCUT2D eigenvalue weighted by molar-refractivity contribution is 0.0942. The molecule has 0 heterocycles. The summed E-state index contributed by atoms with van der Waals surface area (Å²) in [5.74, 6) is 0.720. The molecule has 0 aliphatic carbocycles. The van der Waals surface area contributed by atoms with Crippen LogP contribution >= 0.6 is 22.6 Å². The molecule has 0 saturated carbocycles. The minimum Gasteiger partial charge on any atom is -0.497 e. The first kappa shape index (κ1) is 12.3. The van der Waals surface area contributed by atoms with E-state index in [0.29, 0.717) is 5.56 Å². The molecule has 0 fully saturated rings. The third kappa shape index (κ3) is 3.37. The van der Waals surface area contributed by atoms with Crippen LogP contribution in [0.25, 0.3) is 0 Å². The zero-order chi connectivity index (χ0) is 11.4. The Labute approximate surface area is 103 Å². The number of halogens is 1. The van der Waals surface area contributed by atoms with Gasteiger partial charge in [-0.15, -0.1) is 0 Å². The molecule has 82 valence electrons. The Morgan fingerprint density at radius 3 is 2.60 bits per heavy atom. The van der Waals surface area contributed by atoms with Crippen LogP contribution in [0, 0.1) is 3.57 Å². The number of carbonyl (C=O) groups excluding carboxylic acids is 1. The summed E-state index contributed by atoms with van der Waals surface area (Å²) >= 11 is 2.13. The lowest BCUT2D eigenvalue weighted by Crippen LogP contribution is -2.30. The lowest BCUT2D eigenvalue weighted by atomic mass is 10.2. The minimum absolute atomic E-state index is 0.0444. The fourth-order valence-electron chi connectivity index (χ4n) is 1.15. The predicted molar refractivity (Wildman–Crippen MR) is 68.3 cm³/mol. The number of methoxy groups -OCH3 is 1. The van der Waals surface area contributed by atoms with Crippen molar-refractivity contribution >= 4 is 28.5 Å². The molecule has 0 radical (unpaired) electrons. The van der Waals surface area contributed by atoms with Crippen molar-refractivity contribution in [3.8, 4) is 5.75 Å². The van der Waals surface area contributed by atoms with Gasteiger partial charge in [0.25, 0.3) is 5.91 Å². The van der Waals surface area contributed by atoms with Crippen LogP contribution in [0.5, 0.6) is 5.75 Å². The molecule has 0 aliphatic rings. The molecule has 0 bridgehead atoms. The zero-order valence-electron chi connectivity index (χ0n) is 9.00. The summed E-state index contributed by atoms with van der Waals surface area (Å²) in [5, 5.41) is 2.85. The van der Waals surface area contributed by atoms with E-state index < -0.39 is 0 Å². The van der Waals surface area contributed by atoms with Gasteiger partial charge < -0.3 is 10.1 Å². The summed E-state index contributed by atoms with van der Waals surface area (Å²) in [6.45, 7) is 3.88.